The average molecular weight is 245 g/mol. The lowest BCUT2D eigenvalue weighted by atomic mass is 9.78. The van der Waals surface area contributed by atoms with E-state index in [1.54, 1.807) is 7.85 Å². The normalized spacial score (nSPS) is 30.3. The highest BCUT2D eigenvalue weighted by molar-refractivity contribution is 7.21. The minimum Gasteiger partial charge on any atom is -0.295 e. The van der Waals surface area contributed by atoms with Gasteiger partial charge in [-0.3, -0.25) is 4.90 Å². The third-order valence-electron chi connectivity index (χ3n) is 3.77. The lowest BCUT2D eigenvalue weighted by Crippen LogP contribution is -2.45. The third kappa shape index (κ3) is 3.70. The van der Waals surface area contributed by atoms with Crippen molar-refractivity contribution in [2.75, 3.05) is 13.1 Å². The Morgan fingerprint density at radius 3 is 2.25 bits per heavy atom. The molecule has 1 rings (SSSR count). The molecule has 0 saturated carbocycles. The first-order valence-electron chi connectivity index (χ1n) is 6.15. The van der Waals surface area contributed by atoms with Crippen LogP contribution in [0.2, 0.25) is 0 Å². The van der Waals surface area contributed by atoms with Crippen molar-refractivity contribution < 1.29 is 4.39 Å². The Morgan fingerprint density at radius 2 is 1.94 bits per heavy atom. The van der Waals surface area contributed by atoms with Gasteiger partial charge in [-0.25, -0.2) is 4.39 Å². The minimum atomic E-state index is -1.18. The molecule has 1 aliphatic rings. The van der Waals surface area contributed by atoms with Gasteiger partial charge in [0, 0.05) is 18.6 Å². The van der Waals surface area contributed by atoms with Gasteiger partial charge in [0.15, 0.2) is 7.85 Å². The maximum Gasteiger partial charge on any atom is 0.156 e. The third-order valence-corrected chi connectivity index (χ3v) is 3.95. The number of rotatable bonds is 2. The van der Waals surface area contributed by atoms with E-state index in [9.17, 15) is 4.39 Å². The van der Waals surface area contributed by atoms with Crippen molar-refractivity contribution in [1.29, 1.82) is 0 Å². The fourth-order valence-electron chi connectivity index (χ4n) is 2.54. The van der Waals surface area contributed by atoms with Crippen LogP contribution in [0.25, 0.3) is 0 Å². The molecule has 0 amide bonds. The first kappa shape index (κ1) is 14.4. The van der Waals surface area contributed by atoms with Crippen LogP contribution in [0.15, 0.2) is 0 Å². The van der Waals surface area contributed by atoms with Gasteiger partial charge in [-0.05, 0) is 31.6 Å². The molecule has 94 valence electrons. The Kier molecular flexibility index (Phi) is 3.83. The van der Waals surface area contributed by atoms with Gasteiger partial charge in [0.25, 0.3) is 0 Å². The Labute approximate surface area is 103 Å². The zero-order chi connectivity index (χ0) is 12.8. The van der Waals surface area contributed by atoms with Crippen molar-refractivity contribution >= 4 is 17.1 Å². The molecule has 3 unspecified atom stereocenters. The molecular weight excluding hydrogens is 219 g/mol. The predicted molar refractivity (Wildman–Crippen MR) is 75.3 cm³/mol. The van der Waals surface area contributed by atoms with E-state index in [1.807, 2.05) is 0 Å². The molecule has 0 aromatic rings. The quantitative estimate of drug-likeness (QED) is 0.532. The van der Waals surface area contributed by atoms with Crippen molar-refractivity contribution in [3.05, 3.63) is 0 Å². The van der Waals surface area contributed by atoms with Crippen LogP contribution in [0.5, 0.6) is 0 Å². The summed E-state index contributed by atoms with van der Waals surface area (Å²) in [4.78, 5) is 2.30. The molecule has 1 nitrogen and oxygen atoms in total. The fraction of sp³-hybridized carbons (Fsp3) is 1.00. The van der Waals surface area contributed by atoms with Gasteiger partial charge in [-0.15, -0.1) is 9.24 Å². The van der Waals surface area contributed by atoms with Crippen molar-refractivity contribution in [2.24, 2.45) is 11.3 Å². The lowest BCUT2D eigenvalue weighted by Gasteiger charge is -2.34. The molecule has 0 aliphatic carbocycles. The molecule has 1 fully saturated rings. The number of hydrogen-bond donors (Lipinski definition) is 0. The second-order valence-electron chi connectivity index (χ2n) is 7.24. The summed E-state index contributed by atoms with van der Waals surface area (Å²) in [6, 6.07) is 0. The van der Waals surface area contributed by atoms with Crippen LogP contribution in [0, 0.1) is 11.3 Å². The monoisotopic (exact) mass is 245 g/mol. The number of alkyl halides is 1. The molecule has 1 aliphatic heterocycles. The number of likely N-dealkylation sites (tertiary alicyclic amines) is 1. The van der Waals surface area contributed by atoms with Crippen LogP contribution in [0.1, 0.15) is 41.0 Å². The van der Waals surface area contributed by atoms with Crippen LogP contribution in [-0.4, -0.2) is 36.7 Å². The minimum absolute atomic E-state index is 0.127. The molecule has 1 saturated heterocycles. The molecule has 0 N–H and O–H groups in total. The first-order valence-corrected chi connectivity index (χ1v) is 6.72. The van der Waals surface area contributed by atoms with Gasteiger partial charge in [0.1, 0.15) is 5.31 Å². The highest BCUT2D eigenvalue weighted by Crippen LogP contribution is 2.42. The van der Waals surface area contributed by atoms with E-state index in [4.69, 9.17) is 0 Å². The number of halogens is 1. The highest BCUT2D eigenvalue weighted by atomic mass is 31.0. The van der Waals surface area contributed by atoms with Crippen molar-refractivity contribution in [3.63, 3.8) is 0 Å². The summed E-state index contributed by atoms with van der Waals surface area (Å²) in [5.74, 6) is 0.662. The summed E-state index contributed by atoms with van der Waals surface area (Å²) in [6.07, 6.45) is 1.16. The van der Waals surface area contributed by atoms with Crippen molar-refractivity contribution in [2.45, 2.75) is 51.9 Å². The van der Waals surface area contributed by atoms with Crippen molar-refractivity contribution in [1.82, 2.24) is 4.90 Å². The van der Waals surface area contributed by atoms with Crippen molar-refractivity contribution in [3.8, 4) is 0 Å². The summed E-state index contributed by atoms with van der Waals surface area (Å²) < 4.78 is 13.7. The summed E-state index contributed by atoms with van der Waals surface area (Å²) in [5, 5.41) is -1.18. The molecule has 0 bridgehead atoms. The molecule has 16 heavy (non-hydrogen) atoms. The molecular formula is C12H26BFNP. The van der Waals surface area contributed by atoms with E-state index in [0.717, 1.165) is 13.0 Å². The Morgan fingerprint density at radius 1 is 1.44 bits per heavy atom. The largest absolute Gasteiger partial charge is 0.295 e. The van der Waals surface area contributed by atoms with Crippen LogP contribution in [0.3, 0.4) is 0 Å². The van der Waals surface area contributed by atoms with Gasteiger partial charge in [-0.2, -0.15) is 0 Å². The fourth-order valence-corrected chi connectivity index (χ4v) is 2.76. The second kappa shape index (κ2) is 4.25. The summed E-state index contributed by atoms with van der Waals surface area (Å²) >= 11 is 0. The van der Waals surface area contributed by atoms with Gasteiger partial charge >= 0.3 is 0 Å². The van der Waals surface area contributed by atoms with Crippen LogP contribution in [0.4, 0.5) is 4.39 Å². The maximum atomic E-state index is 13.7. The highest BCUT2D eigenvalue weighted by Gasteiger charge is 2.44. The van der Waals surface area contributed by atoms with Crippen LogP contribution in [-0.2, 0) is 0 Å². The van der Waals surface area contributed by atoms with E-state index in [2.05, 4.69) is 48.8 Å². The Hall–Kier alpha value is 0.385. The number of hydrogen-bond acceptors (Lipinski definition) is 1. The Bertz CT molecular complexity index is 255. The lowest BCUT2D eigenvalue weighted by molar-refractivity contribution is 0.139. The van der Waals surface area contributed by atoms with E-state index < -0.39 is 5.31 Å². The topological polar surface area (TPSA) is 3.24 Å². The molecule has 0 aromatic carbocycles. The molecule has 0 radical (unpaired) electrons. The second-order valence-corrected chi connectivity index (χ2v) is 8.44. The standard InChI is InChI=1S/C12H26BFNP/c1-10(2,3)9-6-11(4,5)15(7-9)8-12(13,14)16/h9H,6-8,13,16H2,1-5H3. The molecule has 4 heteroatoms. The van der Waals surface area contributed by atoms with Gasteiger partial charge in [0.05, 0.1) is 0 Å². The number of nitrogens with zero attached hydrogens (tertiary/aromatic N) is 1. The summed E-state index contributed by atoms with van der Waals surface area (Å²) in [5.41, 5.74) is 0.446. The van der Waals surface area contributed by atoms with Gasteiger partial charge < -0.3 is 0 Å². The maximum absolute atomic E-state index is 13.7. The predicted octanol–water partition coefficient (Wildman–Crippen LogP) is 2.26. The zero-order valence-electron chi connectivity index (χ0n) is 11.6. The zero-order valence-corrected chi connectivity index (χ0v) is 12.8. The van der Waals surface area contributed by atoms with E-state index in [0.29, 0.717) is 17.9 Å². The Balaban J connectivity index is 2.74. The molecule has 1 heterocycles. The first-order chi connectivity index (χ1) is 6.92. The SMILES string of the molecule is BC(F)(P)CN1CC(C(C)(C)C)CC1(C)C. The molecule has 0 spiro atoms. The summed E-state index contributed by atoms with van der Waals surface area (Å²) in [7, 11) is 3.95. The molecule has 3 atom stereocenters. The van der Waals surface area contributed by atoms with Crippen LogP contribution < -0.4 is 0 Å². The average Bonchev–Trinajstić information content (AvgIpc) is 2.22. The van der Waals surface area contributed by atoms with E-state index in [1.165, 1.54) is 0 Å². The summed E-state index contributed by atoms with van der Waals surface area (Å²) in [6.45, 7) is 12.8. The van der Waals surface area contributed by atoms with Gasteiger partial charge in [0.2, 0.25) is 0 Å². The van der Waals surface area contributed by atoms with E-state index in [-0.39, 0.29) is 5.54 Å². The van der Waals surface area contributed by atoms with Gasteiger partial charge in [-0.1, -0.05) is 20.8 Å². The van der Waals surface area contributed by atoms with E-state index >= 15 is 0 Å². The smallest absolute Gasteiger partial charge is 0.156 e. The van der Waals surface area contributed by atoms with Crippen LogP contribution >= 0.6 is 9.24 Å². The molecule has 0 aromatic heterocycles.